The van der Waals surface area contributed by atoms with E-state index in [0.717, 1.165) is 24.0 Å². The number of halogens is 2. The van der Waals surface area contributed by atoms with Crippen LogP contribution in [0.2, 0.25) is 0 Å². The number of nitrogens with zero attached hydrogens (tertiary/aromatic N) is 4. The molecule has 33 heavy (non-hydrogen) atoms. The molecule has 4 aromatic rings. The molecule has 1 fully saturated rings. The third kappa shape index (κ3) is 3.79. The number of aromatic carboxylic acids is 1. The standard InChI is InChI=1S/C24H20F2N4O3/c1-14-5-2-3-8-17(14)24(9-10-24)23-27-21(33-29-23)19-12-18(20(25)26)28-30(19)13-15-6-4-7-16(11-15)22(31)32/h2-8,11-12,20H,9-10,13H2,1H3,(H,31,32). The second-order valence-corrected chi connectivity index (χ2v) is 8.24. The summed E-state index contributed by atoms with van der Waals surface area (Å²) in [5, 5.41) is 17.4. The molecule has 1 aliphatic carbocycles. The minimum Gasteiger partial charge on any atom is -0.478 e. The van der Waals surface area contributed by atoms with Crippen LogP contribution in [0.15, 0.2) is 59.1 Å². The molecule has 1 saturated carbocycles. The summed E-state index contributed by atoms with van der Waals surface area (Å²) in [6.45, 7) is 2.11. The third-order valence-corrected chi connectivity index (χ3v) is 6.01. The van der Waals surface area contributed by atoms with Gasteiger partial charge in [-0.05, 0) is 54.7 Å². The van der Waals surface area contributed by atoms with E-state index < -0.39 is 18.1 Å². The van der Waals surface area contributed by atoms with Gasteiger partial charge in [0.1, 0.15) is 11.4 Å². The van der Waals surface area contributed by atoms with Gasteiger partial charge in [-0.2, -0.15) is 10.1 Å². The molecule has 2 aromatic heterocycles. The zero-order chi connectivity index (χ0) is 23.2. The van der Waals surface area contributed by atoms with Crippen LogP contribution in [0.25, 0.3) is 11.6 Å². The Labute approximate surface area is 187 Å². The van der Waals surface area contributed by atoms with Gasteiger partial charge in [0.05, 0.1) is 17.5 Å². The summed E-state index contributed by atoms with van der Waals surface area (Å²) in [6.07, 6.45) is -1.03. The summed E-state index contributed by atoms with van der Waals surface area (Å²) >= 11 is 0. The zero-order valence-electron chi connectivity index (χ0n) is 17.7. The maximum Gasteiger partial charge on any atom is 0.335 e. The Hall–Kier alpha value is -3.88. The van der Waals surface area contributed by atoms with E-state index >= 15 is 0 Å². The normalized spacial score (nSPS) is 14.5. The van der Waals surface area contributed by atoms with Crippen molar-refractivity contribution in [1.29, 1.82) is 0 Å². The number of carboxylic acid groups (broad SMARTS) is 1. The molecule has 7 nitrogen and oxygen atoms in total. The second-order valence-electron chi connectivity index (χ2n) is 8.24. The molecule has 0 unspecified atom stereocenters. The monoisotopic (exact) mass is 450 g/mol. The Kier molecular flexibility index (Phi) is 5.03. The van der Waals surface area contributed by atoms with Gasteiger partial charge in [-0.3, -0.25) is 4.68 Å². The number of benzene rings is 2. The predicted molar refractivity (Wildman–Crippen MR) is 114 cm³/mol. The van der Waals surface area contributed by atoms with E-state index in [0.29, 0.717) is 11.4 Å². The fraction of sp³-hybridized carbons (Fsp3) is 0.250. The second kappa shape index (κ2) is 7.91. The molecule has 0 spiro atoms. The minimum atomic E-state index is -2.78. The molecule has 0 aliphatic heterocycles. The summed E-state index contributed by atoms with van der Waals surface area (Å²) in [7, 11) is 0. The number of hydrogen-bond acceptors (Lipinski definition) is 5. The van der Waals surface area contributed by atoms with Crippen molar-refractivity contribution in [2.75, 3.05) is 0 Å². The molecule has 0 bridgehead atoms. The lowest BCUT2D eigenvalue weighted by Gasteiger charge is -2.13. The first-order chi connectivity index (χ1) is 15.9. The van der Waals surface area contributed by atoms with Crippen molar-refractivity contribution < 1.29 is 23.2 Å². The number of carbonyl (C=O) groups is 1. The largest absolute Gasteiger partial charge is 0.478 e. The average molecular weight is 450 g/mol. The van der Waals surface area contributed by atoms with E-state index in [-0.39, 0.29) is 29.1 Å². The average Bonchev–Trinajstić information content (AvgIpc) is 3.24. The third-order valence-electron chi connectivity index (χ3n) is 6.01. The number of aromatic nitrogens is 4. The zero-order valence-corrected chi connectivity index (χ0v) is 17.7. The van der Waals surface area contributed by atoms with Crippen LogP contribution in [-0.2, 0) is 12.0 Å². The highest BCUT2D eigenvalue weighted by Crippen LogP contribution is 2.53. The lowest BCUT2D eigenvalue weighted by molar-refractivity contribution is 0.0696. The number of rotatable bonds is 7. The van der Waals surface area contributed by atoms with Crippen LogP contribution in [0.4, 0.5) is 8.78 Å². The van der Waals surface area contributed by atoms with Gasteiger partial charge in [0.15, 0.2) is 5.82 Å². The van der Waals surface area contributed by atoms with Gasteiger partial charge >= 0.3 is 5.97 Å². The molecular formula is C24H20F2N4O3. The van der Waals surface area contributed by atoms with Gasteiger partial charge < -0.3 is 9.63 Å². The van der Waals surface area contributed by atoms with E-state index in [9.17, 15) is 18.7 Å². The van der Waals surface area contributed by atoms with E-state index in [1.54, 1.807) is 12.1 Å². The quantitative estimate of drug-likeness (QED) is 0.426. The molecule has 0 saturated heterocycles. The van der Waals surface area contributed by atoms with E-state index in [4.69, 9.17) is 4.52 Å². The Morgan fingerprint density at radius 1 is 1.18 bits per heavy atom. The number of alkyl halides is 2. The molecular weight excluding hydrogens is 430 g/mol. The highest BCUT2D eigenvalue weighted by molar-refractivity contribution is 5.87. The van der Waals surface area contributed by atoms with Crippen LogP contribution in [-0.4, -0.2) is 31.0 Å². The van der Waals surface area contributed by atoms with Crippen molar-refractivity contribution in [2.45, 2.75) is 38.2 Å². The summed E-state index contributed by atoms with van der Waals surface area (Å²) < 4.78 is 33.7. The first kappa shape index (κ1) is 21.0. The fourth-order valence-corrected chi connectivity index (χ4v) is 4.18. The first-order valence-electron chi connectivity index (χ1n) is 10.5. The molecule has 0 amide bonds. The molecule has 168 valence electrons. The van der Waals surface area contributed by atoms with Gasteiger partial charge in [-0.25, -0.2) is 13.6 Å². The SMILES string of the molecule is Cc1ccccc1C1(c2noc(-c3cc(C(F)F)nn3Cc3cccc(C(=O)O)c3)n2)CC1. The summed E-state index contributed by atoms with van der Waals surface area (Å²) in [5.41, 5.74) is 2.46. The lowest BCUT2D eigenvalue weighted by Crippen LogP contribution is -2.12. The summed E-state index contributed by atoms with van der Waals surface area (Å²) in [6, 6.07) is 15.5. The number of carboxylic acids is 1. The van der Waals surface area contributed by atoms with E-state index in [1.807, 2.05) is 31.2 Å². The Balaban J connectivity index is 1.52. The van der Waals surface area contributed by atoms with Gasteiger partial charge in [-0.1, -0.05) is 41.6 Å². The molecule has 0 radical (unpaired) electrons. The highest BCUT2D eigenvalue weighted by Gasteiger charge is 2.50. The van der Waals surface area contributed by atoms with Gasteiger partial charge in [0.2, 0.25) is 0 Å². The Morgan fingerprint density at radius 2 is 1.97 bits per heavy atom. The Morgan fingerprint density at radius 3 is 2.67 bits per heavy atom. The van der Waals surface area contributed by atoms with E-state index in [1.165, 1.54) is 22.9 Å². The molecule has 1 N–H and O–H groups in total. The van der Waals surface area contributed by atoms with Crippen molar-refractivity contribution in [3.63, 3.8) is 0 Å². The van der Waals surface area contributed by atoms with Crippen molar-refractivity contribution in [3.8, 4) is 11.6 Å². The molecule has 1 aliphatic rings. The van der Waals surface area contributed by atoms with Crippen LogP contribution >= 0.6 is 0 Å². The number of hydrogen-bond donors (Lipinski definition) is 1. The van der Waals surface area contributed by atoms with Crippen LogP contribution in [0.5, 0.6) is 0 Å². The minimum absolute atomic E-state index is 0.0732. The van der Waals surface area contributed by atoms with Crippen molar-refractivity contribution in [1.82, 2.24) is 19.9 Å². The van der Waals surface area contributed by atoms with Crippen LogP contribution in [0.3, 0.4) is 0 Å². The fourth-order valence-electron chi connectivity index (χ4n) is 4.18. The lowest BCUT2D eigenvalue weighted by atomic mass is 9.91. The summed E-state index contributed by atoms with van der Waals surface area (Å²) in [4.78, 5) is 15.9. The molecule has 5 rings (SSSR count). The van der Waals surface area contributed by atoms with Crippen LogP contribution in [0.1, 0.15) is 57.8 Å². The highest BCUT2D eigenvalue weighted by atomic mass is 19.3. The topological polar surface area (TPSA) is 94.0 Å². The molecule has 2 heterocycles. The van der Waals surface area contributed by atoms with Gasteiger partial charge in [0.25, 0.3) is 12.3 Å². The Bertz CT molecular complexity index is 1340. The maximum absolute atomic E-state index is 13.4. The molecule has 2 aromatic carbocycles. The van der Waals surface area contributed by atoms with Gasteiger partial charge in [0, 0.05) is 0 Å². The predicted octanol–water partition coefficient (Wildman–Crippen LogP) is 5.01. The summed E-state index contributed by atoms with van der Waals surface area (Å²) in [5.74, 6) is -0.456. The maximum atomic E-state index is 13.4. The van der Waals surface area contributed by atoms with E-state index in [2.05, 4.69) is 15.2 Å². The number of aryl methyl sites for hydroxylation is 1. The van der Waals surface area contributed by atoms with Crippen molar-refractivity contribution >= 4 is 5.97 Å². The molecule has 0 atom stereocenters. The molecule has 9 heteroatoms. The van der Waals surface area contributed by atoms with Crippen LogP contribution in [0, 0.1) is 6.92 Å². The first-order valence-corrected chi connectivity index (χ1v) is 10.5. The van der Waals surface area contributed by atoms with Crippen LogP contribution < -0.4 is 0 Å². The smallest absolute Gasteiger partial charge is 0.335 e. The van der Waals surface area contributed by atoms with Gasteiger partial charge in [-0.15, -0.1) is 0 Å². The van der Waals surface area contributed by atoms with Crippen molar-refractivity contribution in [2.24, 2.45) is 0 Å². The van der Waals surface area contributed by atoms with Crippen molar-refractivity contribution in [3.05, 3.63) is 88.4 Å².